The number of carbonyl (C=O) groups is 1. The first-order valence-electron chi connectivity index (χ1n) is 11.9. The Hall–Kier alpha value is -1.88. The molecule has 2 bridgehead atoms. The van der Waals surface area contributed by atoms with Gasteiger partial charge >= 0.3 is 0 Å². The molecule has 4 fully saturated rings. The summed E-state index contributed by atoms with van der Waals surface area (Å²) in [5.74, 6) is 1.14. The SMILES string of the molecule is CC/C(=C\F)COc1ccc(C23CCC(C(=O)N4CC(OC(C)C)C4)(CC2)CC3)cc1. The van der Waals surface area contributed by atoms with Gasteiger partial charge in [-0.1, -0.05) is 19.1 Å². The lowest BCUT2D eigenvalue weighted by Gasteiger charge is -2.55. The fourth-order valence-electron chi connectivity index (χ4n) is 5.64. The molecule has 1 aromatic rings. The minimum absolute atomic E-state index is 0.150. The molecule has 4 aliphatic rings. The number of carbonyl (C=O) groups excluding carboxylic acids is 1. The first kappa shape index (κ1) is 22.3. The zero-order chi connectivity index (χ0) is 22.1. The van der Waals surface area contributed by atoms with Crippen molar-refractivity contribution in [3.05, 3.63) is 41.7 Å². The quantitative estimate of drug-likeness (QED) is 0.543. The lowest BCUT2D eigenvalue weighted by molar-refractivity contribution is -0.165. The van der Waals surface area contributed by atoms with E-state index in [1.54, 1.807) is 0 Å². The second-order valence-corrected chi connectivity index (χ2v) is 10.0. The Morgan fingerprint density at radius 1 is 1.13 bits per heavy atom. The average molecular weight is 430 g/mol. The molecule has 0 atom stereocenters. The van der Waals surface area contributed by atoms with E-state index in [2.05, 4.69) is 12.1 Å². The predicted octanol–water partition coefficient (Wildman–Crippen LogP) is 5.56. The van der Waals surface area contributed by atoms with Gasteiger partial charge in [-0.3, -0.25) is 4.79 Å². The summed E-state index contributed by atoms with van der Waals surface area (Å²) < 4.78 is 24.3. The van der Waals surface area contributed by atoms with Crippen LogP contribution in [0.4, 0.5) is 4.39 Å². The van der Waals surface area contributed by atoms with E-state index < -0.39 is 0 Å². The number of likely N-dealkylation sites (tertiary alicyclic amines) is 1. The summed E-state index contributed by atoms with van der Waals surface area (Å²) in [5.41, 5.74) is 2.05. The highest BCUT2D eigenvalue weighted by atomic mass is 19.1. The molecule has 0 unspecified atom stereocenters. The van der Waals surface area contributed by atoms with E-state index in [4.69, 9.17) is 9.47 Å². The molecule has 31 heavy (non-hydrogen) atoms. The van der Waals surface area contributed by atoms with Crippen LogP contribution in [0.5, 0.6) is 5.75 Å². The standard InChI is InChI=1S/C26H36FNO3/c1-4-20(15-27)18-30-22-7-5-21(6-8-22)25-9-12-26(13-10-25,14-11-25)24(29)28-16-23(17-28)31-19(2)3/h5-8,15,19,23H,4,9-14,16-18H2,1-3H3/b20-15+. The van der Waals surface area contributed by atoms with Crippen LogP contribution in [-0.4, -0.2) is 42.7 Å². The molecule has 3 saturated carbocycles. The minimum Gasteiger partial charge on any atom is -0.489 e. The number of hydrogen-bond acceptors (Lipinski definition) is 3. The van der Waals surface area contributed by atoms with E-state index >= 15 is 0 Å². The summed E-state index contributed by atoms with van der Waals surface area (Å²) in [5, 5.41) is 0. The van der Waals surface area contributed by atoms with Crippen LogP contribution in [0, 0.1) is 5.41 Å². The van der Waals surface area contributed by atoms with Crippen molar-refractivity contribution in [2.45, 2.75) is 83.3 Å². The molecule has 0 N–H and O–H groups in total. The maximum Gasteiger partial charge on any atom is 0.228 e. The Bertz CT molecular complexity index is 786. The van der Waals surface area contributed by atoms with E-state index in [0.717, 1.165) is 57.4 Å². The second-order valence-electron chi connectivity index (χ2n) is 10.0. The maximum absolute atomic E-state index is 13.3. The van der Waals surface area contributed by atoms with Gasteiger partial charge in [0.1, 0.15) is 12.4 Å². The number of nitrogens with zero attached hydrogens (tertiary/aromatic N) is 1. The smallest absolute Gasteiger partial charge is 0.228 e. The number of fused-ring (bicyclic) bond motifs is 3. The van der Waals surface area contributed by atoms with E-state index in [1.807, 2.05) is 37.8 Å². The minimum atomic E-state index is -0.150. The topological polar surface area (TPSA) is 38.8 Å². The van der Waals surface area contributed by atoms with E-state index in [-0.39, 0.29) is 23.0 Å². The van der Waals surface area contributed by atoms with Crippen LogP contribution in [0.1, 0.15) is 71.3 Å². The van der Waals surface area contributed by atoms with Crippen molar-refractivity contribution < 1.29 is 18.7 Å². The zero-order valence-electron chi connectivity index (χ0n) is 19.2. The van der Waals surface area contributed by atoms with Crippen molar-refractivity contribution in [3.63, 3.8) is 0 Å². The molecule has 170 valence electrons. The van der Waals surface area contributed by atoms with Crippen molar-refractivity contribution >= 4 is 5.91 Å². The molecule has 1 heterocycles. The number of hydrogen-bond donors (Lipinski definition) is 0. The first-order valence-corrected chi connectivity index (χ1v) is 11.9. The van der Waals surface area contributed by atoms with Gasteiger partial charge in [-0.25, -0.2) is 4.39 Å². The van der Waals surface area contributed by atoms with Crippen LogP contribution in [0.25, 0.3) is 0 Å². The van der Waals surface area contributed by atoms with Gasteiger partial charge in [-0.15, -0.1) is 0 Å². The van der Waals surface area contributed by atoms with Crippen LogP contribution in [0.3, 0.4) is 0 Å². The number of ether oxygens (including phenoxy) is 2. The van der Waals surface area contributed by atoms with Crippen molar-refractivity contribution in [3.8, 4) is 5.75 Å². The Morgan fingerprint density at radius 2 is 1.74 bits per heavy atom. The van der Waals surface area contributed by atoms with Gasteiger partial charge in [0, 0.05) is 18.5 Å². The molecule has 4 nitrogen and oxygen atoms in total. The summed E-state index contributed by atoms with van der Waals surface area (Å²) >= 11 is 0. The fraction of sp³-hybridized carbons (Fsp3) is 0.654. The Kier molecular flexibility index (Phi) is 6.43. The number of benzene rings is 1. The molecule has 5 heteroatoms. The van der Waals surface area contributed by atoms with Gasteiger partial charge in [0.05, 0.1) is 18.5 Å². The van der Waals surface area contributed by atoms with Gasteiger partial charge in [0.25, 0.3) is 0 Å². The molecule has 1 amide bonds. The van der Waals surface area contributed by atoms with Gasteiger partial charge in [-0.05, 0) is 87.5 Å². The molecule has 1 saturated heterocycles. The third-order valence-electron chi connectivity index (χ3n) is 7.80. The zero-order valence-corrected chi connectivity index (χ0v) is 19.2. The van der Waals surface area contributed by atoms with Gasteiger partial charge in [0.2, 0.25) is 5.91 Å². The van der Waals surface area contributed by atoms with E-state index in [9.17, 15) is 9.18 Å². The maximum atomic E-state index is 13.3. The summed E-state index contributed by atoms with van der Waals surface area (Å²) in [6.07, 6.45) is 7.89. The first-order chi connectivity index (χ1) is 14.9. The number of amides is 1. The second kappa shape index (κ2) is 8.93. The summed E-state index contributed by atoms with van der Waals surface area (Å²) in [7, 11) is 0. The molecule has 0 radical (unpaired) electrons. The Balaban J connectivity index is 1.34. The third-order valence-corrected chi connectivity index (χ3v) is 7.80. The molecule has 0 aromatic heterocycles. The van der Waals surface area contributed by atoms with Crippen LogP contribution < -0.4 is 4.74 Å². The third kappa shape index (κ3) is 4.39. The van der Waals surface area contributed by atoms with Gasteiger partial charge in [-0.2, -0.15) is 0 Å². The Morgan fingerprint density at radius 3 is 2.26 bits per heavy atom. The molecule has 3 aliphatic carbocycles. The highest BCUT2D eigenvalue weighted by Crippen LogP contribution is 2.58. The largest absolute Gasteiger partial charge is 0.489 e. The van der Waals surface area contributed by atoms with Crippen LogP contribution in [0.15, 0.2) is 36.2 Å². The summed E-state index contributed by atoms with van der Waals surface area (Å²) in [6, 6.07) is 8.35. The lowest BCUT2D eigenvalue weighted by Crippen LogP contribution is -2.61. The van der Waals surface area contributed by atoms with Crippen molar-refractivity contribution in [2.24, 2.45) is 5.41 Å². The van der Waals surface area contributed by atoms with Gasteiger partial charge in [0.15, 0.2) is 0 Å². The van der Waals surface area contributed by atoms with E-state index in [0.29, 0.717) is 30.8 Å². The van der Waals surface area contributed by atoms with Crippen LogP contribution >= 0.6 is 0 Å². The normalized spacial score (nSPS) is 28.7. The molecule has 1 aliphatic heterocycles. The van der Waals surface area contributed by atoms with Crippen LogP contribution in [0.2, 0.25) is 0 Å². The van der Waals surface area contributed by atoms with E-state index in [1.165, 1.54) is 5.56 Å². The summed E-state index contributed by atoms with van der Waals surface area (Å²) in [4.78, 5) is 15.3. The monoisotopic (exact) mass is 429 g/mol. The van der Waals surface area contributed by atoms with Crippen molar-refractivity contribution in [1.29, 1.82) is 0 Å². The Labute approximate surface area is 185 Å². The molecular weight excluding hydrogens is 393 g/mol. The number of rotatable bonds is 8. The predicted molar refractivity (Wildman–Crippen MR) is 120 cm³/mol. The number of halogens is 1. The van der Waals surface area contributed by atoms with Crippen molar-refractivity contribution in [1.82, 2.24) is 4.90 Å². The molecule has 1 aromatic carbocycles. The molecule has 0 spiro atoms. The lowest BCUT2D eigenvalue weighted by atomic mass is 9.51. The van der Waals surface area contributed by atoms with Crippen LogP contribution in [-0.2, 0) is 14.9 Å². The molecule has 5 rings (SSSR count). The van der Waals surface area contributed by atoms with Crippen molar-refractivity contribution in [2.75, 3.05) is 19.7 Å². The highest BCUT2D eigenvalue weighted by Gasteiger charge is 2.55. The van der Waals surface area contributed by atoms with Gasteiger partial charge < -0.3 is 14.4 Å². The average Bonchev–Trinajstić information content (AvgIpc) is 2.77. The summed E-state index contributed by atoms with van der Waals surface area (Å²) in [6.45, 7) is 7.82. The fourth-order valence-corrected chi connectivity index (χ4v) is 5.64. The molecular formula is C26H36FNO3. The highest BCUT2D eigenvalue weighted by molar-refractivity contribution is 5.84.